The summed E-state index contributed by atoms with van der Waals surface area (Å²) in [6.45, 7) is 5.95. The van der Waals surface area contributed by atoms with Crippen LogP contribution >= 0.6 is 0 Å². The van der Waals surface area contributed by atoms with Gasteiger partial charge in [0.2, 0.25) is 0 Å². The number of rotatable bonds is 4. The summed E-state index contributed by atoms with van der Waals surface area (Å²) in [5.41, 5.74) is 5.19. The molecule has 0 bridgehead atoms. The van der Waals surface area contributed by atoms with Crippen LogP contribution in [0.25, 0.3) is 0 Å². The Labute approximate surface area is 137 Å². The SMILES string of the molecule is Cc1cc(C)c(NC(=O)c2ccc(CS(C)(=O)=O)cc2)c(C)c1. The lowest BCUT2D eigenvalue weighted by molar-refractivity contribution is 0.102. The van der Waals surface area contributed by atoms with Gasteiger partial charge in [-0.3, -0.25) is 4.79 Å². The van der Waals surface area contributed by atoms with E-state index >= 15 is 0 Å². The van der Waals surface area contributed by atoms with E-state index in [0.29, 0.717) is 11.1 Å². The highest BCUT2D eigenvalue weighted by atomic mass is 32.2. The van der Waals surface area contributed by atoms with Crippen molar-refractivity contribution in [2.24, 2.45) is 0 Å². The molecule has 0 heterocycles. The summed E-state index contributed by atoms with van der Waals surface area (Å²) in [6, 6.07) is 10.7. The Hall–Kier alpha value is -2.14. The third kappa shape index (κ3) is 4.66. The van der Waals surface area contributed by atoms with Gasteiger partial charge >= 0.3 is 0 Å². The summed E-state index contributed by atoms with van der Waals surface area (Å²) in [6.07, 6.45) is 1.19. The highest BCUT2D eigenvalue weighted by molar-refractivity contribution is 7.89. The Morgan fingerprint density at radius 3 is 2.00 bits per heavy atom. The van der Waals surface area contributed by atoms with E-state index in [-0.39, 0.29) is 11.7 Å². The zero-order valence-corrected chi connectivity index (χ0v) is 14.6. The number of hydrogen-bond acceptors (Lipinski definition) is 3. The van der Waals surface area contributed by atoms with Gasteiger partial charge in [0, 0.05) is 17.5 Å². The Kier molecular flexibility index (Phi) is 4.90. The molecule has 0 unspecified atom stereocenters. The lowest BCUT2D eigenvalue weighted by atomic mass is 10.0. The number of carbonyl (C=O) groups is 1. The number of sulfone groups is 1. The summed E-state index contributed by atoms with van der Waals surface area (Å²) in [7, 11) is -3.07. The highest BCUT2D eigenvalue weighted by Gasteiger charge is 2.11. The molecule has 4 nitrogen and oxygen atoms in total. The molecule has 122 valence electrons. The van der Waals surface area contributed by atoms with Gasteiger partial charge in [-0.2, -0.15) is 0 Å². The molecular weight excluding hydrogens is 310 g/mol. The first kappa shape index (κ1) is 17.2. The number of amides is 1. The van der Waals surface area contributed by atoms with Crippen LogP contribution in [0.5, 0.6) is 0 Å². The molecule has 2 rings (SSSR count). The molecule has 2 aromatic carbocycles. The van der Waals surface area contributed by atoms with E-state index in [1.165, 1.54) is 6.26 Å². The van der Waals surface area contributed by atoms with Gasteiger partial charge in [-0.15, -0.1) is 0 Å². The van der Waals surface area contributed by atoms with Crippen LogP contribution in [0.15, 0.2) is 36.4 Å². The monoisotopic (exact) mass is 331 g/mol. The van der Waals surface area contributed by atoms with Crippen LogP contribution in [-0.2, 0) is 15.6 Å². The van der Waals surface area contributed by atoms with Gasteiger partial charge in [0.1, 0.15) is 0 Å². The van der Waals surface area contributed by atoms with Crippen LogP contribution in [0, 0.1) is 20.8 Å². The number of hydrogen-bond donors (Lipinski definition) is 1. The summed E-state index contributed by atoms with van der Waals surface area (Å²) >= 11 is 0. The molecule has 0 radical (unpaired) electrons. The summed E-state index contributed by atoms with van der Waals surface area (Å²) < 4.78 is 22.6. The molecule has 0 spiro atoms. The zero-order valence-electron chi connectivity index (χ0n) is 13.8. The predicted octanol–water partition coefficient (Wildman–Crippen LogP) is 3.41. The number of aryl methyl sites for hydroxylation is 3. The van der Waals surface area contributed by atoms with Crippen LogP contribution in [0.3, 0.4) is 0 Å². The highest BCUT2D eigenvalue weighted by Crippen LogP contribution is 2.22. The first-order chi connectivity index (χ1) is 10.7. The standard InChI is InChI=1S/C18H21NO3S/c1-12-9-13(2)17(14(3)10-12)19-18(20)16-7-5-15(6-8-16)11-23(4,21)22/h5-10H,11H2,1-4H3,(H,19,20). The second-order valence-corrected chi connectivity index (χ2v) is 8.14. The molecule has 0 aromatic heterocycles. The molecule has 0 saturated heterocycles. The third-order valence-corrected chi connectivity index (χ3v) is 4.42. The second-order valence-electron chi connectivity index (χ2n) is 5.99. The summed E-state index contributed by atoms with van der Waals surface area (Å²) in [5, 5.41) is 2.93. The van der Waals surface area contributed by atoms with Gasteiger partial charge in [-0.1, -0.05) is 29.8 Å². The van der Waals surface area contributed by atoms with Crippen molar-refractivity contribution < 1.29 is 13.2 Å². The van der Waals surface area contributed by atoms with E-state index in [9.17, 15) is 13.2 Å². The summed E-state index contributed by atoms with van der Waals surface area (Å²) in [4.78, 5) is 12.4. The largest absolute Gasteiger partial charge is 0.322 e. The van der Waals surface area contributed by atoms with Crippen molar-refractivity contribution in [1.82, 2.24) is 0 Å². The van der Waals surface area contributed by atoms with Crippen LogP contribution in [-0.4, -0.2) is 20.6 Å². The lowest BCUT2D eigenvalue weighted by Gasteiger charge is -2.13. The minimum Gasteiger partial charge on any atom is -0.322 e. The molecule has 0 aliphatic rings. The average molecular weight is 331 g/mol. The van der Waals surface area contributed by atoms with Crippen LogP contribution < -0.4 is 5.32 Å². The van der Waals surface area contributed by atoms with Gasteiger partial charge in [0.15, 0.2) is 9.84 Å². The number of anilines is 1. The average Bonchev–Trinajstić information content (AvgIpc) is 2.41. The van der Waals surface area contributed by atoms with Crippen molar-refractivity contribution in [3.63, 3.8) is 0 Å². The van der Waals surface area contributed by atoms with Gasteiger partial charge in [-0.25, -0.2) is 8.42 Å². The second kappa shape index (κ2) is 6.54. The molecule has 23 heavy (non-hydrogen) atoms. The molecule has 1 N–H and O–H groups in total. The molecule has 2 aromatic rings. The van der Waals surface area contributed by atoms with E-state index in [2.05, 4.69) is 5.32 Å². The Bertz CT molecular complexity index is 814. The number of nitrogens with one attached hydrogen (secondary N) is 1. The van der Waals surface area contributed by atoms with Crippen LogP contribution in [0.2, 0.25) is 0 Å². The maximum atomic E-state index is 12.4. The van der Waals surface area contributed by atoms with Crippen molar-refractivity contribution in [3.05, 3.63) is 64.2 Å². The van der Waals surface area contributed by atoms with Crippen molar-refractivity contribution in [3.8, 4) is 0 Å². The molecule has 0 saturated carbocycles. The Morgan fingerprint density at radius 2 is 1.52 bits per heavy atom. The van der Waals surface area contributed by atoms with Gasteiger partial charge in [0.25, 0.3) is 5.91 Å². The number of benzene rings is 2. The molecule has 1 amide bonds. The van der Waals surface area contributed by atoms with Crippen molar-refractivity contribution in [2.75, 3.05) is 11.6 Å². The van der Waals surface area contributed by atoms with E-state index < -0.39 is 9.84 Å². The fourth-order valence-corrected chi connectivity index (χ4v) is 3.42. The van der Waals surface area contributed by atoms with Gasteiger partial charge in [-0.05, 0) is 49.6 Å². The van der Waals surface area contributed by atoms with Crippen molar-refractivity contribution >= 4 is 21.4 Å². The van der Waals surface area contributed by atoms with Crippen molar-refractivity contribution in [2.45, 2.75) is 26.5 Å². The van der Waals surface area contributed by atoms with Crippen LogP contribution in [0.4, 0.5) is 5.69 Å². The predicted molar refractivity (Wildman–Crippen MR) is 93.6 cm³/mol. The Morgan fingerprint density at radius 1 is 1.00 bits per heavy atom. The third-order valence-electron chi connectivity index (χ3n) is 3.56. The molecular formula is C18H21NO3S. The summed E-state index contributed by atoms with van der Waals surface area (Å²) in [5.74, 6) is -0.226. The molecule has 0 fully saturated rings. The smallest absolute Gasteiger partial charge is 0.255 e. The molecule has 0 atom stereocenters. The molecule has 0 aliphatic heterocycles. The molecule has 5 heteroatoms. The fourth-order valence-electron chi connectivity index (χ4n) is 2.62. The normalized spacial score (nSPS) is 11.3. The fraction of sp³-hybridized carbons (Fsp3) is 0.278. The van der Waals surface area contributed by atoms with Gasteiger partial charge < -0.3 is 5.32 Å². The maximum Gasteiger partial charge on any atom is 0.255 e. The van der Waals surface area contributed by atoms with E-state index in [1.54, 1.807) is 24.3 Å². The zero-order chi connectivity index (χ0) is 17.2. The topological polar surface area (TPSA) is 63.2 Å². The minimum absolute atomic E-state index is 0.0227. The maximum absolute atomic E-state index is 12.4. The number of carbonyl (C=O) groups excluding carboxylic acids is 1. The van der Waals surface area contributed by atoms with E-state index in [1.807, 2.05) is 32.9 Å². The van der Waals surface area contributed by atoms with Crippen LogP contribution in [0.1, 0.15) is 32.6 Å². The lowest BCUT2D eigenvalue weighted by Crippen LogP contribution is -2.14. The van der Waals surface area contributed by atoms with E-state index in [4.69, 9.17) is 0 Å². The first-order valence-corrected chi connectivity index (χ1v) is 9.37. The van der Waals surface area contributed by atoms with Gasteiger partial charge in [0.05, 0.1) is 5.75 Å². The quantitative estimate of drug-likeness (QED) is 0.934. The van der Waals surface area contributed by atoms with E-state index in [0.717, 1.165) is 22.4 Å². The molecule has 0 aliphatic carbocycles. The van der Waals surface area contributed by atoms with Crippen molar-refractivity contribution in [1.29, 1.82) is 0 Å². The Balaban J connectivity index is 2.19. The first-order valence-electron chi connectivity index (χ1n) is 7.31. The minimum atomic E-state index is -3.07.